The van der Waals surface area contributed by atoms with Gasteiger partial charge < -0.3 is 29.4 Å². The van der Waals surface area contributed by atoms with Gasteiger partial charge in [0.2, 0.25) is 12.2 Å². The normalized spacial score (nSPS) is 11.8. The molecule has 0 heterocycles. The average molecular weight is 538 g/mol. The molecule has 2 N–H and O–H groups in total. The van der Waals surface area contributed by atoms with E-state index in [4.69, 9.17) is 18.9 Å². The number of carbonyl (C=O) groups excluding carboxylic acids is 3. The fraction of sp³-hybridized carbons (Fsp3) is 0.154. The van der Waals surface area contributed by atoms with Crippen molar-refractivity contribution in [3.05, 3.63) is 94.0 Å². The van der Waals surface area contributed by atoms with E-state index in [1.54, 1.807) is 6.07 Å². The van der Waals surface area contributed by atoms with Gasteiger partial charge in [0.25, 0.3) is 11.6 Å². The third-order valence-corrected chi connectivity index (χ3v) is 5.18. The number of rotatable bonds is 11. The minimum absolute atomic E-state index is 0.0919. The number of carbonyl (C=O) groups is 4. The largest absolute Gasteiger partial charge is 0.497 e. The second-order valence-corrected chi connectivity index (χ2v) is 7.75. The van der Waals surface area contributed by atoms with Crippen LogP contribution in [-0.2, 0) is 19.1 Å². The molecule has 0 radical (unpaired) electrons. The predicted octanol–water partition coefficient (Wildman–Crippen LogP) is 3.09. The molecule has 3 aromatic rings. The van der Waals surface area contributed by atoms with Gasteiger partial charge in [0.05, 0.1) is 30.3 Å². The smallest absolute Gasteiger partial charge is 0.349 e. The van der Waals surface area contributed by atoms with Crippen LogP contribution in [-0.4, -0.2) is 60.3 Å². The standard InChI is InChI=1S/C26H22N2O11/c1-36-19-10-3-6-15(12-19)25(32)38-21(23(29)27-17-8-5-9-18(14-17)28(34)35)22(24(30)31)39-26(33)16-7-4-11-20(13-16)37-2/h3-14,21-22H,1-2H3,(H,27,29)(H,30,31)/t21-,22-/m0/s1. The van der Waals surface area contributed by atoms with Crippen LogP contribution in [0.15, 0.2) is 72.8 Å². The molecule has 0 aliphatic heterocycles. The maximum Gasteiger partial charge on any atom is 0.349 e. The summed E-state index contributed by atoms with van der Waals surface area (Å²) in [5.41, 5.74) is -0.653. The number of anilines is 1. The van der Waals surface area contributed by atoms with Crippen LogP contribution in [0.3, 0.4) is 0 Å². The number of ether oxygens (including phenoxy) is 4. The molecule has 0 saturated heterocycles. The van der Waals surface area contributed by atoms with Crippen LogP contribution in [0.5, 0.6) is 11.5 Å². The second kappa shape index (κ2) is 12.7. The third kappa shape index (κ3) is 7.29. The van der Waals surface area contributed by atoms with Crippen LogP contribution in [0.25, 0.3) is 0 Å². The van der Waals surface area contributed by atoms with Gasteiger partial charge >= 0.3 is 17.9 Å². The number of hydrogen-bond donors (Lipinski definition) is 2. The number of nitro benzene ring substituents is 1. The second-order valence-electron chi connectivity index (χ2n) is 7.75. The summed E-state index contributed by atoms with van der Waals surface area (Å²) in [6, 6.07) is 16.0. The van der Waals surface area contributed by atoms with E-state index in [0.717, 1.165) is 6.07 Å². The maximum atomic E-state index is 13.2. The lowest BCUT2D eigenvalue weighted by Gasteiger charge is -2.23. The van der Waals surface area contributed by atoms with E-state index in [1.165, 1.54) is 74.9 Å². The number of amides is 1. The van der Waals surface area contributed by atoms with E-state index in [9.17, 15) is 34.4 Å². The molecule has 2 atom stereocenters. The zero-order valence-corrected chi connectivity index (χ0v) is 20.6. The number of non-ortho nitro benzene ring substituents is 1. The fourth-order valence-corrected chi connectivity index (χ4v) is 3.27. The summed E-state index contributed by atoms with van der Waals surface area (Å²) in [5.74, 6) is -4.74. The molecular formula is C26H22N2O11. The van der Waals surface area contributed by atoms with Gasteiger partial charge in [-0.15, -0.1) is 0 Å². The molecule has 1 amide bonds. The Labute approximate surface area is 221 Å². The Morgan fingerprint density at radius 3 is 1.79 bits per heavy atom. The minimum atomic E-state index is -2.31. The number of nitro groups is 1. The van der Waals surface area contributed by atoms with Crippen LogP contribution in [0, 0.1) is 10.1 Å². The van der Waals surface area contributed by atoms with Crippen LogP contribution in [0.1, 0.15) is 20.7 Å². The van der Waals surface area contributed by atoms with E-state index >= 15 is 0 Å². The van der Waals surface area contributed by atoms with Crippen molar-refractivity contribution in [1.29, 1.82) is 0 Å². The van der Waals surface area contributed by atoms with Gasteiger partial charge in [-0.25, -0.2) is 14.4 Å². The Hall–Kier alpha value is -5.46. The lowest BCUT2D eigenvalue weighted by Crippen LogP contribution is -2.48. The van der Waals surface area contributed by atoms with Crippen molar-refractivity contribution in [2.75, 3.05) is 19.5 Å². The molecule has 0 spiro atoms. The van der Waals surface area contributed by atoms with E-state index in [1.807, 2.05) is 0 Å². The Morgan fingerprint density at radius 1 is 0.795 bits per heavy atom. The number of benzene rings is 3. The molecule has 0 bridgehead atoms. The molecule has 0 aromatic heterocycles. The Kier molecular flexibility index (Phi) is 9.14. The highest BCUT2D eigenvalue weighted by Gasteiger charge is 2.41. The summed E-state index contributed by atoms with van der Waals surface area (Å²) in [4.78, 5) is 61.4. The molecule has 0 saturated carbocycles. The van der Waals surface area contributed by atoms with Crippen molar-refractivity contribution in [2.24, 2.45) is 0 Å². The van der Waals surface area contributed by atoms with E-state index in [0.29, 0.717) is 0 Å². The number of hydrogen-bond acceptors (Lipinski definition) is 10. The van der Waals surface area contributed by atoms with E-state index in [2.05, 4.69) is 5.32 Å². The minimum Gasteiger partial charge on any atom is -0.497 e. The first kappa shape index (κ1) is 28.1. The number of carboxylic acids is 1. The summed E-state index contributed by atoms with van der Waals surface area (Å²) in [7, 11) is 2.72. The summed E-state index contributed by atoms with van der Waals surface area (Å²) in [5, 5.41) is 23.2. The molecule has 202 valence electrons. The first-order valence-electron chi connectivity index (χ1n) is 11.1. The van der Waals surface area contributed by atoms with Gasteiger partial charge in [0.15, 0.2) is 0 Å². The van der Waals surface area contributed by atoms with Gasteiger partial charge in [-0.3, -0.25) is 14.9 Å². The molecule has 3 aromatic carbocycles. The molecule has 0 unspecified atom stereocenters. The molecule has 13 nitrogen and oxygen atoms in total. The maximum absolute atomic E-state index is 13.2. The highest BCUT2D eigenvalue weighted by atomic mass is 16.6. The number of nitrogens with one attached hydrogen (secondary N) is 1. The summed E-state index contributed by atoms with van der Waals surface area (Å²) < 4.78 is 20.4. The number of nitrogens with zero attached hydrogens (tertiary/aromatic N) is 1. The molecule has 3 rings (SSSR count). The number of methoxy groups -OCH3 is 2. The number of aliphatic carboxylic acids is 1. The Morgan fingerprint density at radius 2 is 1.31 bits per heavy atom. The fourth-order valence-electron chi connectivity index (χ4n) is 3.27. The van der Waals surface area contributed by atoms with Gasteiger partial charge in [0.1, 0.15) is 11.5 Å². The van der Waals surface area contributed by atoms with E-state index < -0.39 is 40.9 Å². The molecule has 0 fully saturated rings. The average Bonchev–Trinajstić information content (AvgIpc) is 2.94. The lowest BCUT2D eigenvalue weighted by atomic mass is 10.1. The quantitative estimate of drug-likeness (QED) is 0.208. The highest BCUT2D eigenvalue weighted by Crippen LogP contribution is 2.21. The van der Waals surface area contributed by atoms with Crippen molar-refractivity contribution in [2.45, 2.75) is 12.2 Å². The van der Waals surface area contributed by atoms with Gasteiger partial charge in [-0.1, -0.05) is 18.2 Å². The topological polar surface area (TPSA) is 181 Å². The highest BCUT2D eigenvalue weighted by molar-refractivity contribution is 6.01. The Bertz CT molecular complexity index is 1410. The molecule has 0 aliphatic carbocycles. The number of esters is 2. The molecule has 39 heavy (non-hydrogen) atoms. The third-order valence-electron chi connectivity index (χ3n) is 5.18. The number of carboxylic acid groups (broad SMARTS) is 1. The molecular weight excluding hydrogens is 516 g/mol. The monoisotopic (exact) mass is 538 g/mol. The summed E-state index contributed by atoms with van der Waals surface area (Å²) in [6.07, 6.45) is -4.52. The predicted molar refractivity (Wildman–Crippen MR) is 134 cm³/mol. The van der Waals surface area contributed by atoms with Crippen molar-refractivity contribution in [3.63, 3.8) is 0 Å². The first-order chi connectivity index (χ1) is 18.6. The molecule has 13 heteroatoms. The van der Waals surface area contributed by atoms with Gasteiger partial charge in [0, 0.05) is 17.8 Å². The lowest BCUT2D eigenvalue weighted by molar-refractivity contribution is -0.384. The zero-order chi connectivity index (χ0) is 28.5. The Balaban J connectivity index is 1.95. The van der Waals surface area contributed by atoms with Crippen molar-refractivity contribution >= 4 is 35.2 Å². The van der Waals surface area contributed by atoms with Gasteiger partial charge in [-0.05, 0) is 42.5 Å². The van der Waals surface area contributed by atoms with E-state index in [-0.39, 0.29) is 34.0 Å². The van der Waals surface area contributed by atoms with Crippen molar-refractivity contribution in [3.8, 4) is 11.5 Å². The summed E-state index contributed by atoms with van der Waals surface area (Å²) >= 11 is 0. The SMILES string of the molecule is COc1cccc(C(=O)O[C@H](C(=O)O)[C@H](OC(=O)c2cccc(OC)c2)C(=O)Nc2cccc([N+](=O)[O-])c2)c1. The van der Waals surface area contributed by atoms with Gasteiger partial charge in [-0.2, -0.15) is 0 Å². The van der Waals surface area contributed by atoms with Crippen LogP contribution in [0.4, 0.5) is 11.4 Å². The van der Waals surface area contributed by atoms with Crippen molar-refractivity contribution < 1.29 is 48.2 Å². The van der Waals surface area contributed by atoms with Crippen LogP contribution >= 0.6 is 0 Å². The van der Waals surface area contributed by atoms with Crippen LogP contribution in [0.2, 0.25) is 0 Å². The first-order valence-corrected chi connectivity index (χ1v) is 11.1. The summed E-state index contributed by atoms with van der Waals surface area (Å²) in [6.45, 7) is 0. The zero-order valence-electron chi connectivity index (χ0n) is 20.6. The van der Waals surface area contributed by atoms with Crippen LogP contribution < -0.4 is 14.8 Å². The van der Waals surface area contributed by atoms with Crippen molar-refractivity contribution in [1.82, 2.24) is 0 Å². The molecule has 0 aliphatic rings.